The summed E-state index contributed by atoms with van der Waals surface area (Å²) in [5, 5.41) is 0. The number of rotatable bonds is 2. The minimum absolute atomic E-state index is 0.0476. The number of carbonyl (C=O) groups excluding carboxylic acids is 3. The Morgan fingerprint density at radius 1 is 1.07 bits per heavy atom. The monoisotopic (exact) mass is 372 g/mol. The first-order valence-corrected chi connectivity index (χ1v) is 9.51. The number of likely N-dealkylation sites (tertiary alicyclic amines) is 1. The number of para-hydroxylation sites is 1. The van der Waals surface area contributed by atoms with E-state index in [0.29, 0.717) is 57.0 Å². The molecule has 1 aromatic rings. The summed E-state index contributed by atoms with van der Waals surface area (Å²) < 4.78 is 11.5. The van der Waals surface area contributed by atoms with Gasteiger partial charge in [0.2, 0.25) is 11.8 Å². The van der Waals surface area contributed by atoms with Gasteiger partial charge in [-0.25, -0.2) is 0 Å². The van der Waals surface area contributed by atoms with Crippen molar-refractivity contribution in [2.24, 2.45) is 0 Å². The molecule has 2 saturated heterocycles. The number of carbonyl (C=O) groups is 3. The second-order valence-electron chi connectivity index (χ2n) is 7.44. The molecule has 4 rings (SSSR count). The summed E-state index contributed by atoms with van der Waals surface area (Å²) in [6, 6.07) is 7.26. The predicted octanol–water partition coefficient (Wildman–Crippen LogP) is 1.26. The molecule has 144 valence electrons. The second-order valence-corrected chi connectivity index (χ2v) is 7.44. The molecular formula is C20H24N2O5. The predicted molar refractivity (Wildman–Crippen MR) is 96.6 cm³/mol. The molecule has 7 heteroatoms. The van der Waals surface area contributed by atoms with E-state index >= 15 is 0 Å². The summed E-state index contributed by atoms with van der Waals surface area (Å²) in [7, 11) is 0. The van der Waals surface area contributed by atoms with Crippen LogP contribution in [0.25, 0.3) is 0 Å². The van der Waals surface area contributed by atoms with Gasteiger partial charge in [-0.05, 0) is 18.6 Å². The fraction of sp³-hybridized carbons (Fsp3) is 0.550. The van der Waals surface area contributed by atoms with Gasteiger partial charge in [-0.3, -0.25) is 14.4 Å². The highest BCUT2D eigenvalue weighted by molar-refractivity contribution is 6.00. The van der Waals surface area contributed by atoms with E-state index in [1.165, 1.54) is 0 Å². The van der Waals surface area contributed by atoms with Gasteiger partial charge in [0.05, 0.1) is 31.7 Å². The molecule has 1 atom stereocenters. The van der Waals surface area contributed by atoms with E-state index in [1.807, 2.05) is 12.1 Å². The summed E-state index contributed by atoms with van der Waals surface area (Å²) >= 11 is 0. The number of ketones is 1. The van der Waals surface area contributed by atoms with Gasteiger partial charge in [0.25, 0.3) is 0 Å². The van der Waals surface area contributed by atoms with Crippen molar-refractivity contribution in [3.8, 4) is 5.75 Å². The van der Waals surface area contributed by atoms with E-state index in [4.69, 9.17) is 9.47 Å². The third-order valence-corrected chi connectivity index (χ3v) is 5.67. The van der Waals surface area contributed by atoms with Gasteiger partial charge >= 0.3 is 0 Å². The van der Waals surface area contributed by atoms with Crippen LogP contribution in [0, 0.1) is 0 Å². The lowest BCUT2D eigenvalue weighted by Crippen LogP contribution is -2.47. The number of fused-ring (bicyclic) bond motifs is 1. The molecule has 27 heavy (non-hydrogen) atoms. The molecule has 0 radical (unpaired) electrons. The number of Topliss-reactive ketones (excluding diaryl/α,β-unsaturated/α-hetero) is 1. The van der Waals surface area contributed by atoms with Gasteiger partial charge in [0.1, 0.15) is 11.4 Å². The summed E-state index contributed by atoms with van der Waals surface area (Å²) in [6.07, 6.45) is 1.61. The maximum atomic E-state index is 12.6. The van der Waals surface area contributed by atoms with Crippen LogP contribution in [0.3, 0.4) is 0 Å². The van der Waals surface area contributed by atoms with Crippen LogP contribution in [-0.4, -0.2) is 72.4 Å². The Bertz CT molecular complexity index is 758. The second kappa shape index (κ2) is 7.31. The number of hydrogen-bond donors (Lipinski definition) is 0. The van der Waals surface area contributed by atoms with Crippen molar-refractivity contribution in [2.75, 3.05) is 39.4 Å². The van der Waals surface area contributed by atoms with Crippen molar-refractivity contribution < 1.29 is 23.9 Å². The number of benzene rings is 1. The van der Waals surface area contributed by atoms with Crippen LogP contribution in [0.1, 0.15) is 36.0 Å². The minimum Gasteiger partial charge on any atom is -0.486 e. The summed E-state index contributed by atoms with van der Waals surface area (Å²) in [4.78, 5) is 41.0. The lowest BCUT2D eigenvalue weighted by atomic mass is 9.84. The first-order chi connectivity index (χ1) is 13.1. The Balaban J connectivity index is 1.44. The lowest BCUT2D eigenvalue weighted by molar-refractivity contribution is -0.142. The van der Waals surface area contributed by atoms with E-state index in [0.717, 1.165) is 0 Å². The highest BCUT2D eigenvalue weighted by atomic mass is 16.5. The third kappa shape index (κ3) is 3.69. The molecule has 0 N–H and O–H groups in total. The first kappa shape index (κ1) is 18.0. The van der Waals surface area contributed by atoms with Crippen LogP contribution in [0.5, 0.6) is 5.75 Å². The average molecular weight is 372 g/mol. The van der Waals surface area contributed by atoms with Crippen molar-refractivity contribution in [3.05, 3.63) is 29.8 Å². The van der Waals surface area contributed by atoms with Crippen LogP contribution in [0.15, 0.2) is 24.3 Å². The zero-order valence-electron chi connectivity index (χ0n) is 15.3. The molecular weight excluding hydrogens is 348 g/mol. The molecule has 2 amide bonds. The fourth-order valence-corrected chi connectivity index (χ4v) is 4.05. The van der Waals surface area contributed by atoms with Crippen molar-refractivity contribution in [1.29, 1.82) is 0 Å². The topological polar surface area (TPSA) is 76.2 Å². The highest BCUT2D eigenvalue weighted by Crippen LogP contribution is 2.39. The quantitative estimate of drug-likeness (QED) is 0.781. The average Bonchev–Trinajstić information content (AvgIpc) is 2.83. The lowest BCUT2D eigenvalue weighted by Gasteiger charge is -2.37. The van der Waals surface area contributed by atoms with Gasteiger partial charge in [0, 0.05) is 32.5 Å². The Kier molecular flexibility index (Phi) is 4.86. The molecule has 3 aliphatic rings. The smallest absolute Gasteiger partial charge is 0.242 e. The van der Waals surface area contributed by atoms with Gasteiger partial charge < -0.3 is 19.3 Å². The minimum atomic E-state index is -0.655. The van der Waals surface area contributed by atoms with E-state index in [9.17, 15) is 14.4 Å². The van der Waals surface area contributed by atoms with E-state index in [-0.39, 0.29) is 37.0 Å². The third-order valence-electron chi connectivity index (χ3n) is 5.67. The highest BCUT2D eigenvalue weighted by Gasteiger charge is 2.43. The number of ether oxygens (including phenoxy) is 2. The van der Waals surface area contributed by atoms with Crippen LogP contribution >= 0.6 is 0 Å². The van der Waals surface area contributed by atoms with Gasteiger partial charge in [-0.2, -0.15) is 0 Å². The van der Waals surface area contributed by atoms with Crippen LogP contribution in [0.4, 0.5) is 0 Å². The summed E-state index contributed by atoms with van der Waals surface area (Å²) in [6.45, 7) is 2.72. The molecule has 3 aliphatic heterocycles. The Morgan fingerprint density at radius 3 is 2.67 bits per heavy atom. The number of nitrogens with zero attached hydrogens (tertiary/aromatic N) is 2. The molecule has 0 aliphatic carbocycles. The maximum Gasteiger partial charge on any atom is 0.242 e. The van der Waals surface area contributed by atoms with Crippen LogP contribution in [-0.2, 0) is 14.3 Å². The van der Waals surface area contributed by atoms with Gasteiger partial charge in [-0.1, -0.05) is 12.1 Å². The maximum absolute atomic E-state index is 12.6. The van der Waals surface area contributed by atoms with Crippen molar-refractivity contribution in [3.63, 3.8) is 0 Å². The largest absolute Gasteiger partial charge is 0.486 e. The van der Waals surface area contributed by atoms with E-state index < -0.39 is 5.60 Å². The van der Waals surface area contributed by atoms with Crippen molar-refractivity contribution >= 4 is 17.6 Å². The number of amides is 2. The molecule has 1 spiro atoms. The van der Waals surface area contributed by atoms with Gasteiger partial charge in [-0.15, -0.1) is 0 Å². The molecule has 0 saturated carbocycles. The van der Waals surface area contributed by atoms with E-state index in [1.54, 1.807) is 21.9 Å². The first-order valence-electron chi connectivity index (χ1n) is 9.51. The van der Waals surface area contributed by atoms with E-state index in [2.05, 4.69) is 0 Å². The Hall–Kier alpha value is -2.41. The zero-order valence-corrected chi connectivity index (χ0v) is 15.3. The molecule has 7 nitrogen and oxygen atoms in total. The normalized spacial score (nSPS) is 25.8. The molecule has 1 aromatic carbocycles. The number of morpholine rings is 1. The van der Waals surface area contributed by atoms with Gasteiger partial charge in [0.15, 0.2) is 5.78 Å². The van der Waals surface area contributed by atoms with Crippen molar-refractivity contribution in [2.45, 2.75) is 31.3 Å². The molecule has 0 bridgehead atoms. The van der Waals surface area contributed by atoms with Crippen LogP contribution < -0.4 is 4.74 Å². The molecule has 1 unspecified atom stereocenters. The van der Waals surface area contributed by atoms with Crippen LogP contribution in [0.2, 0.25) is 0 Å². The molecule has 3 heterocycles. The zero-order chi connectivity index (χ0) is 18.9. The standard InChI is InChI=1S/C20H24N2O5/c23-16-13-20(27-17-4-2-1-3-15(16)17)6-5-18(24)22(8-7-20)14-19(25)21-9-11-26-12-10-21/h1-4H,5-14H2. The summed E-state index contributed by atoms with van der Waals surface area (Å²) in [5.74, 6) is 0.554. The Labute approximate surface area is 158 Å². The number of hydrogen-bond acceptors (Lipinski definition) is 5. The van der Waals surface area contributed by atoms with Crippen molar-refractivity contribution in [1.82, 2.24) is 9.80 Å². The Morgan fingerprint density at radius 2 is 1.85 bits per heavy atom. The fourth-order valence-electron chi connectivity index (χ4n) is 4.05. The molecule has 0 aromatic heterocycles. The molecule has 2 fully saturated rings. The SMILES string of the molecule is O=C1CC2(CCC(=O)N(CC(=O)N3CCOCC3)CC2)Oc2ccccc21. The summed E-state index contributed by atoms with van der Waals surface area (Å²) in [5.41, 5.74) is -0.0456.